The maximum Gasteiger partial charge on any atom is 0.411 e. The standard InChI is InChI=1S/C9H17F3N2O2/c1-7(13)2-3-8(15)14-4-5-16-6-9(10,11)12/h7H,2-6,13H2,1H3,(H,14,15). The molecule has 0 aliphatic heterocycles. The first-order chi connectivity index (χ1) is 7.31. The minimum absolute atomic E-state index is 0.0628. The van der Waals surface area contributed by atoms with Crippen LogP contribution in [0.25, 0.3) is 0 Å². The Morgan fingerprint density at radius 3 is 2.62 bits per heavy atom. The number of rotatable bonds is 7. The van der Waals surface area contributed by atoms with E-state index in [1.807, 2.05) is 0 Å². The molecular formula is C9H17F3N2O2. The summed E-state index contributed by atoms with van der Waals surface area (Å²) < 4.78 is 39.2. The number of halogens is 3. The Bertz CT molecular complexity index is 207. The van der Waals surface area contributed by atoms with Crippen LogP contribution >= 0.6 is 0 Å². The Kier molecular flexibility index (Phi) is 7.07. The highest BCUT2D eigenvalue weighted by Gasteiger charge is 2.27. The highest BCUT2D eigenvalue weighted by atomic mass is 19.4. The zero-order chi connectivity index (χ0) is 12.6. The van der Waals surface area contributed by atoms with E-state index in [9.17, 15) is 18.0 Å². The van der Waals surface area contributed by atoms with E-state index in [4.69, 9.17) is 5.73 Å². The molecule has 1 atom stereocenters. The fraction of sp³-hybridized carbons (Fsp3) is 0.889. The predicted octanol–water partition coefficient (Wildman–Crippen LogP) is 0.809. The van der Waals surface area contributed by atoms with Crippen molar-refractivity contribution in [3.63, 3.8) is 0 Å². The number of carbonyl (C=O) groups excluding carboxylic acids is 1. The highest BCUT2D eigenvalue weighted by molar-refractivity contribution is 5.75. The van der Waals surface area contributed by atoms with Crippen LogP contribution in [0.1, 0.15) is 19.8 Å². The van der Waals surface area contributed by atoms with Crippen LogP contribution in [-0.2, 0) is 9.53 Å². The molecule has 0 aromatic carbocycles. The van der Waals surface area contributed by atoms with E-state index in [0.29, 0.717) is 6.42 Å². The Labute approximate surface area is 92.3 Å². The van der Waals surface area contributed by atoms with Crippen LogP contribution in [0, 0.1) is 0 Å². The third kappa shape index (κ3) is 11.3. The van der Waals surface area contributed by atoms with Gasteiger partial charge in [0.15, 0.2) is 0 Å². The van der Waals surface area contributed by atoms with Gasteiger partial charge < -0.3 is 15.8 Å². The van der Waals surface area contributed by atoms with Crippen LogP contribution in [0.4, 0.5) is 13.2 Å². The van der Waals surface area contributed by atoms with E-state index in [0.717, 1.165) is 0 Å². The second kappa shape index (κ2) is 7.45. The number of hydrogen-bond acceptors (Lipinski definition) is 3. The molecule has 1 amide bonds. The van der Waals surface area contributed by atoms with Crippen LogP contribution in [0.15, 0.2) is 0 Å². The molecule has 16 heavy (non-hydrogen) atoms. The van der Waals surface area contributed by atoms with Crippen LogP contribution in [-0.4, -0.2) is 37.9 Å². The van der Waals surface area contributed by atoms with Crippen LogP contribution < -0.4 is 11.1 Å². The van der Waals surface area contributed by atoms with Crippen molar-refractivity contribution in [2.24, 2.45) is 5.73 Å². The number of nitrogens with one attached hydrogen (secondary N) is 1. The maximum atomic E-state index is 11.6. The number of ether oxygens (including phenoxy) is 1. The molecule has 0 aromatic rings. The summed E-state index contributed by atoms with van der Waals surface area (Å²) in [5.41, 5.74) is 5.44. The third-order valence-electron chi connectivity index (χ3n) is 1.66. The Balaban J connectivity index is 3.35. The summed E-state index contributed by atoms with van der Waals surface area (Å²) >= 11 is 0. The van der Waals surface area contributed by atoms with Crippen molar-refractivity contribution >= 4 is 5.91 Å². The Hall–Kier alpha value is -0.820. The van der Waals surface area contributed by atoms with Gasteiger partial charge in [-0.3, -0.25) is 4.79 Å². The third-order valence-corrected chi connectivity index (χ3v) is 1.66. The molecule has 0 saturated heterocycles. The van der Waals surface area contributed by atoms with E-state index in [-0.39, 0.29) is 31.5 Å². The molecule has 0 radical (unpaired) electrons. The Morgan fingerprint density at radius 2 is 2.12 bits per heavy atom. The average Bonchev–Trinajstić information content (AvgIpc) is 2.12. The smallest absolute Gasteiger partial charge is 0.370 e. The van der Waals surface area contributed by atoms with Gasteiger partial charge in [-0.15, -0.1) is 0 Å². The van der Waals surface area contributed by atoms with E-state index in [1.165, 1.54) is 0 Å². The summed E-state index contributed by atoms with van der Waals surface area (Å²) in [6.07, 6.45) is -3.49. The zero-order valence-electron chi connectivity index (χ0n) is 9.14. The van der Waals surface area contributed by atoms with Crippen molar-refractivity contribution in [3.8, 4) is 0 Å². The lowest BCUT2D eigenvalue weighted by molar-refractivity contribution is -0.173. The van der Waals surface area contributed by atoms with E-state index in [2.05, 4.69) is 10.1 Å². The van der Waals surface area contributed by atoms with Crippen molar-refractivity contribution in [2.75, 3.05) is 19.8 Å². The predicted molar refractivity (Wildman–Crippen MR) is 52.8 cm³/mol. The number of hydrogen-bond donors (Lipinski definition) is 2. The second-order valence-electron chi connectivity index (χ2n) is 3.53. The molecule has 7 heteroatoms. The lowest BCUT2D eigenvalue weighted by Gasteiger charge is -2.09. The molecular weight excluding hydrogens is 225 g/mol. The van der Waals surface area contributed by atoms with Gasteiger partial charge in [-0.25, -0.2) is 0 Å². The minimum Gasteiger partial charge on any atom is -0.370 e. The highest BCUT2D eigenvalue weighted by Crippen LogP contribution is 2.13. The van der Waals surface area contributed by atoms with Gasteiger partial charge in [0.1, 0.15) is 6.61 Å². The SMILES string of the molecule is CC(N)CCC(=O)NCCOCC(F)(F)F. The molecule has 0 saturated carbocycles. The monoisotopic (exact) mass is 242 g/mol. The summed E-state index contributed by atoms with van der Waals surface area (Å²) in [7, 11) is 0. The molecule has 3 N–H and O–H groups in total. The normalized spacial score (nSPS) is 13.6. The van der Waals surface area contributed by atoms with Crippen LogP contribution in [0.5, 0.6) is 0 Å². The lowest BCUT2D eigenvalue weighted by atomic mass is 10.2. The van der Waals surface area contributed by atoms with Crippen molar-refractivity contribution in [1.82, 2.24) is 5.32 Å². The summed E-state index contributed by atoms with van der Waals surface area (Å²) in [6.45, 7) is 0.416. The van der Waals surface area contributed by atoms with Gasteiger partial charge in [-0.2, -0.15) is 13.2 Å². The van der Waals surface area contributed by atoms with Crippen molar-refractivity contribution in [3.05, 3.63) is 0 Å². The van der Waals surface area contributed by atoms with Crippen molar-refractivity contribution in [1.29, 1.82) is 0 Å². The largest absolute Gasteiger partial charge is 0.411 e. The van der Waals surface area contributed by atoms with Gasteiger partial charge in [-0.1, -0.05) is 0 Å². The molecule has 4 nitrogen and oxygen atoms in total. The van der Waals surface area contributed by atoms with Gasteiger partial charge in [0.05, 0.1) is 6.61 Å². The van der Waals surface area contributed by atoms with E-state index < -0.39 is 12.8 Å². The first-order valence-corrected chi connectivity index (χ1v) is 4.98. The molecule has 0 bridgehead atoms. The lowest BCUT2D eigenvalue weighted by Crippen LogP contribution is -2.30. The van der Waals surface area contributed by atoms with Gasteiger partial charge in [0.25, 0.3) is 0 Å². The number of amides is 1. The van der Waals surface area contributed by atoms with Gasteiger partial charge in [-0.05, 0) is 13.3 Å². The van der Waals surface area contributed by atoms with Crippen LogP contribution in [0.2, 0.25) is 0 Å². The van der Waals surface area contributed by atoms with Crippen molar-refractivity contribution in [2.45, 2.75) is 32.0 Å². The number of alkyl halides is 3. The second-order valence-corrected chi connectivity index (χ2v) is 3.53. The Morgan fingerprint density at radius 1 is 1.50 bits per heavy atom. The number of carbonyl (C=O) groups is 1. The van der Waals surface area contributed by atoms with E-state index >= 15 is 0 Å². The first-order valence-electron chi connectivity index (χ1n) is 4.98. The fourth-order valence-corrected chi connectivity index (χ4v) is 0.898. The summed E-state index contributed by atoms with van der Waals surface area (Å²) in [5.74, 6) is -0.229. The first kappa shape index (κ1) is 15.2. The zero-order valence-corrected chi connectivity index (χ0v) is 9.14. The van der Waals surface area contributed by atoms with Gasteiger partial charge in [0.2, 0.25) is 5.91 Å². The average molecular weight is 242 g/mol. The molecule has 1 unspecified atom stereocenters. The molecule has 0 aliphatic rings. The van der Waals surface area contributed by atoms with Gasteiger partial charge in [0, 0.05) is 19.0 Å². The maximum absolute atomic E-state index is 11.6. The topological polar surface area (TPSA) is 64.4 Å². The summed E-state index contributed by atoms with van der Waals surface area (Å²) in [5, 5.41) is 2.44. The van der Waals surface area contributed by atoms with E-state index in [1.54, 1.807) is 6.92 Å². The van der Waals surface area contributed by atoms with Gasteiger partial charge >= 0.3 is 6.18 Å². The quantitative estimate of drug-likeness (QED) is 0.649. The fourth-order valence-electron chi connectivity index (χ4n) is 0.898. The molecule has 0 aromatic heterocycles. The molecule has 0 rings (SSSR count). The van der Waals surface area contributed by atoms with Crippen molar-refractivity contribution < 1.29 is 22.7 Å². The summed E-state index contributed by atoms with van der Waals surface area (Å²) in [6, 6.07) is -0.0628. The molecule has 0 aliphatic carbocycles. The minimum atomic E-state index is -4.32. The van der Waals surface area contributed by atoms with Crippen LogP contribution in [0.3, 0.4) is 0 Å². The summed E-state index contributed by atoms with van der Waals surface area (Å²) in [4.78, 5) is 11.1. The molecule has 0 spiro atoms. The number of nitrogens with two attached hydrogens (primary N) is 1. The molecule has 0 fully saturated rings. The molecule has 96 valence electrons. The molecule has 0 heterocycles.